The van der Waals surface area contributed by atoms with Crippen molar-refractivity contribution < 1.29 is 14.3 Å². The van der Waals surface area contributed by atoms with E-state index in [0.717, 1.165) is 15.3 Å². The number of fused-ring (bicyclic) bond motifs is 1. The second-order valence-corrected chi connectivity index (χ2v) is 6.89. The zero-order valence-electron chi connectivity index (χ0n) is 12.9. The molecule has 24 heavy (non-hydrogen) atoms. The van der Waals surface area contributed by atoms with Gasteiger partial charge in [-0.25, -0.2) is 4.79 Å². The summed E-state index contributed by atoms with van der Waals surface area (Å²) in [5.74, 6) is -0.591. The molecule has 2 aromatic rings. The highest BCUT2D eigenvalue weighted by molar-refractivity contribution is 7.12. The summed E-state index contributed by atoms with van der Waals surface area (Å²) in [6.07, 6.45) is 0. The number of nitrogens with zero attached hydrogens (tertiary/aromatic N) is 1. The molecular formula is C17H13ClN2O3S. The Morgan fingerprint density at radius 3 is 2.88 bits per heavy atom. The number of nitrogens with two attached hydrogens (primary N) is 1. The lowest BCUT2D eigenvalue weighted by Gasteiger charge is -2.24. The molecule has 5 nitrogen and oxygen atoms in total. The quantitative estimate of drug-likeness (QED) is 0.825. The smallest absolute Gasteiger partial charge is 0.342 e. The number of hydrogen-bond donors (Lipinski definition) is 1. The summed E-state index contributed by atoms with van der Waals surface area (Å²) in [5, 5.41) is 10.1. The Balaban J connectivity index is 2.26. The van der Waals surface area contributed by atoms with Crippen molar-refractivity contribution in [1.29, 1.82) is 5.26 Å². The van der Waals surface area contributed by atoms with Gasteiger partial charge in [-0.3, -0.25) is 0 Å². The van der Waals surface area contributed by atoms with Crippen molar-refractivity contribution in [3.05, 3.63) is 61.6 Å². The second kappa shape index (κ2) is 6.19. The van der Waals surface area contributed by atoms with E-state index in [1.807, 2.05) is 6.07 Å². The van der Waals surface area contributed by atoms with Crippen LogP contribution in [0.4, 0.5) is 0 Å². The molecule has 2 heterocycles. The van der Waals surface area contributed by atoms with Gasteiger partial charge in [-0.15, -0.1) is 11.3 Å². The van der Waals surface area contributed by atoms with Crippen molar-refractivity contribution in [2.24, 2.45) is 5.73 Å². The molecule has 0 amide bonds. The predicted octanol–water partition coefficient (Wildman–Crippen LogP) is 3.71. The van der Waals surface area contributed by atoms with Crippen LogP contribution in [0, 0.1) is 18.3 Å². The fourth-order valence-corrected chi connectivity index (χ4v) is 4.15. The van der Waals surface area contributed by atoms with Gasteiger partial charge in [0, 0.05) is 9.90 Å². The number of carbonyl (C=O) groups excluding carboxylic acids is 1. The number of ether oxygens (including phenoxy) is 2. The standard InChI is InChI=1S/C17H13ClN2O3S/c1-8-12(17(21)22-2)14-15(24-8)13(11(7-19)16(20)23-14)9-4-3-5-10(18)6-9/h3-6,13H,20H2,1-2H3. The Labute approximate surface area is 147 Å². The van der Waals surface area contributed by atoms with Crippen LogP contribution in [0.3, 0.4) is 0 Å². The van der Waals surface area contributed by atoms with Gasteiger partial charge < -0.3 is 15.2 Å². The maximum atomic E-state index is 12.1. The van der Waals surface area contributed by atoms with Gasteiger partial charge in [0.05, 0.1) is 17.9 Å². The first-order chi connectivity index (χ1) is 11.5. The van der Waals surface area contributed by atoms with Crippen LogP contribution in [0.25, 0.3) is 0 Å². The third-order valence-electron chi connectivity index (χ3n) is 3.79. The predicted molar refractivity (Wildman–Crippen MR) is 91.1 cm³/mol. The van der Waals surface area contributed by atoms with Crippen LogP contribution in [-0.2, 0) is 4.74 Å². The Kier molecular flexibility index (Phi) is 4.22. The van der Waals surface area contributed by atoms with Crippen molar-refractivity contribution >= 4 is 28.9 Å². The summed E-state index contributed by atoms with van der Waals surface area (Å²) in [5.41, 5.74) is 7.39. The van der Waals surface area contributed by atoms with Crippen LogP contribution in [0.5, 0.6) is 5.75 Å². The van der Waals surface area contributed by atoms with E-state index in [1.165, 1.54) is 18.4 Å². The lowest BCUT2D eigenvalue weighted by Crippen LogP contribution is -2.21. The topological polar surface area (TPSA) is 85.3 Å². The summed E-state index contributed by atoms with van der Waals surface area (Å²) >= 11 is 7.48. The molecule has 0 bridgehead atoms. The van der Waals surface area contributed by atoms with Crippen LogP contribution in [-0.4, -0.2) is 13.1 Å². The zero-order chi connectivity index (χ0) is 17.4. The number of carbonyl (C=O) groups is 1. The van der Waals surface area contributed by atoms with Gasteiger partial charge in [0.2, 0.25) is 5.88 Å². The van der Waals surface area contributed by atoms with Crippen molar-refractivity contribution in [2.75, 3.05) is 7.11 Å². The average molecular weight is 361 g/mol. The van der Waals surface area contributed by atoms with Crippen LogP contribution < -0.4 is 10.5 Å². The first-order valence-corrected chi connectivity index (χ1v) is 8.22. The molecule has 1 unspecified atom stereocenters. The molecule has 1 aliphatic rings. The Hall–Kier alpha value is -2.49. The van der Waals surface area contributed by atoms with E-state index in [-0.39, 0.29) is 5.88 Å². The number of nitriles is 1. The minimum Gasteiger partial charge on any atom is -0.465 e. The van der Waals surface area contributed by atoms with Gasteiger partial charge >= 0.3 is 5.97 Å². The van der Waals surface area contributed by atoms with Crippen molar-refractivity contribution in [3.63, 3.8) is 0 Å². The molecule has 3 rings (SSSR count). The Morgan fingerprint density at radius 1 is 1.50 bits per heavy atom. The minimum atomic E-state index is -0.497. The number of esters is 1. The number of benzene rings is 1. The summed E-state index contributed by atoms with van der Waals surface area (Å²) in [6.45, 7) is 1.80. The van der Waals surface area contributed by atoms with E-state index >= 15 is 0 Å². The van der Waals surface area contributed by atoms with Gasteiger partial charge in [-0.1, -0.05) is 23.7 Å². The molecule has 0 fully saturated rings. The molecular weight excluding hydrogens is 348 g/mol. The molecule has 0 radical (unpaired) electrons. The third kappa shape index (κ3) is 2.52. The first-order valence-electron chi connectivity index (χ1n) is 7.02. The van der Waals surface area contributed by atoms with Crippen LogP contribution in [0.1, 0.15) is 31.6 Å². The molecule has 1 aliphatic heterocycles. The third-order valence-corrected chi connectivity index (χ3v) is 5.17. The van der Waals surface area contributed by atoms with Crippen LogP contribution in [0.15, 0.2) is 35.7 Å². The Bertz CT molecular complexity index is 911. The molecule has 0 saturated carbocycles. The second-order valence-electron chi connectivity index (χ2n) is 5.20. The van der Waals surface area contributed by atoms with Crippen LogP contribution >= 0.6 is 22.9 Å². The number of thiophene rings is 1. The lowest BCUT2D eigenvalue weighted by atomic mass is 9.88. The average Bonchev–Trinajstić information content (AvgIpc) is 2.88. The molecule has 7 heteroatoms. The van der Waals surface area contributed by atoms with Gasteiger partial charge in [0.1, 0.15) is 17.2 Å². The fourth-order valence-electron chi connectivity index (χ4n) is 2.74. The fraction of sp³-hybridized carbons (Fsp3) is 0.176. The molecule has 1 aromatic heterocycles. The summed E-state index contributed by atoms with van der Waals surface area (Å²) in [4.78, 5) is 13.6. The number of aryl methyl sites for hydroxylation is 1. The van der Waals surface area contributed by atoms with Gasteiger partial charge in [-0.05, 0) is 24.6 Å². The highest BCUT2D eigenvalue weighted by Crippen LogP contribution is 2.49. The largest absolute Gasteiger partial charge is 0.465 e. The summed E-state index contributed by atoms with van der Waals surface area (Å²) < 4.78 is 10.4. The summed E-state index contributed by atoms with van der Waals surface area (Å²) in [6, 6.07) is 9.31. The first kappa shape index (κ1) is 16.4. The number of halogens is 1. The lowest BCUT2D eigenvalue weighted by molar-refractivity contribution is 0.0597. The SMILES string of the molecule is COC(=O)c1c(C)sc2c1OC(N)=C(C#N)C2c1cccc(Cl)c1. The van der Waals surface area contributed by atoms with Crippen LogP contribution in [0.2, 0.25) is 5.02 Å². The number of hydrogen-bond acceptors (Lipinski definition) is 6. The van der Waals surface area contributed by atoms with E-state index in [9.17, 15) is 10.1 Å². The van der Waals surface area contributed by atoms with E-state index in [4.69, 9.17) is 26.8 Å². The van der Waals surface area contributed by atoms with E-state index in [1.54, 1.807) is 25.1 Å². The molecule has 0 saturated heterocycles. The normalized spacial score (nSPS) is 16.2. The summed E-state index contributed by atoms with van der Waals surface area (Å²) in [7, 11) is 1.31. The molecule has 1 aromatic carbocycles. The molecule has 122 valence electrons. The van der Waals surface area contributed by atoms with Crippen molar-refractivity contribution in [2.45, 2.75) is 12.8 Å². The van der Waals surface area contributed by atoms with E-state index < -0.39 is 11.9 Å². The number of allylic oxidation sites excluding steroid dienone is 1. The molecule has 1 atom stereocenters. The maximum absolute atomic E-state index is 12.1. The Morgan fingerprint density at radius 2 is 2.25 bits per heavy atom. The highest BCUT2D eigenvalue weighted by Gasteiger charge is 2.37. The minimum absolute atomic E-state index is 0.0158. The van der Waals surface area contributed by atoms with E-state index in [2.05, 4.69) is 6.07 Å². The highest BCUT2D eigenvalue weighted by atomic mass is 35.5. The van der Waals surface area contributed by atoms with Crippen molar-refractivity contribution in [3.8, 4) is 11.8 Å². The molecule has 0 aliphatic carbocycles. The van der Waals surface area contributed by atoms with E-state index in [0.29, 0.717) is 21.9 Å². The molecule has 0 spiro atoms. The van der Waals surface area contributed by atoms with Gasteiger partial charge in [0.25, 0.3) is 0 Å². The van der Waals surface area contributed by atoms with Gasteiger partial charge in [0.15, 0.2) is 5.75 Å². The number of rotatable bonds is 2. The van der Waals surface area contributed by atoms with Crippen molar-refractivity contribution in [1.82, 2.24) is 0 Å². The monoisotopic (exact) mass is 360 g/mol. The zero-order valence-corrected chi connectivity index (χ0v) is 14.5. The maximum Gasteiger partial charge on any atom is 0.342 e. The van der Waals surface area contributed by atoms with Gasteiger partial charge in [-0.2, -0.15) is 5.26 Å². The number of methoxy groups -OCH3 is 1. The molecule has 2 N–H and O–H groups in total.